The Bertz CT molecular complexity index is 430. The van der Waals surface area contributed by atoms with Gasteiger partial charge in [0.05, 0.1) is 5.02 Å². The van der Waals surface area contributed by atoms with Crippen molar-refractivity contribution in [2.45, 2.75) is 51.6 Å². The summed E-state index contributed by atoms with van der Waals surface area (Å²) in [6, 6.07) is 3.79. The molecule has 0 bridgehead atoms. The predicted octanol–water partition coefficient (Wildman–Crippen LogP) is 4.76. The fraction of sp³-hybridized carbons (Fsp3) is 0.600. The summed E-state index contributed by atoms with van der Waals surface area (Å²) in [5.74, 6) is 0.875. The van der Waals surface area contributed by atoms with Crippen molar-refractivity contribution >= 4 is 23.2 Å². The van der Waals surface area contributed by atoms with E-state index in [1.165, 1.54) is 32.1 Å². The Morgan fingerprint density at radius 1 is 1.26 bits per heavy atom. The van der Waals surface area contributed by atoms with E-state index in [2.05, 4.69) is 12.2 Å². The summed E-state index contributed by atoms with van der Waals surface area (Å²) in [7, 11) is 0. The molecule has 0 spiro atoms. The van der Waals surface area contributed by atoms with Crippen molar-refractivity contribution in [2.75, 3.05) is 0 Å². The van der Waals surface area contributed by atoms with Gasteiger partial charge in [0, 0.05) is 23.2 Å². The smallest absolute Gasteiger partial charge is 0.138 e. The van der Waals surface area contributed by atoms with Crippen LogP contribution >= 0.6 is 23.2 Å². The van der Waals surface area contributed by atoms with Crippen LogP contribution in [0.2, 0.25) is 10.0 Å². The highest BCUT2D eigenvalue weighted by molar-refractivity contribution is 6.35. The standard InChI is InChI=1S/C15H21Cl2NO/c1-10(11-5-3-2-4-6-11)18-9-12-7-13(16)8-14(17)15(12)19/h7-8,10-11,18-19H,2-6,9H2,1H3/t10-/m1/s1. The minimum absolute atomic E-state index is 0.134. The summed E-state index contributed by atoms with van der Waals surface area (Å²) in [5.41, 5.74) is 0.764. The normalized spacial score (nSPS) is 18.5. The summed E-state index contributed by atoms with van der Waals surface area (Å²) >= 11 is 11.9. The molecule has 0 aromatic heterocycles. The van der Waals surface area contributed by atoms with Crippen molar-refractivity contribution in [3.8, 4) is 5.75 Å². The molecule has 2 nitrogen and oxygen atoms in total. The van der Waals surface area contributed by atoms with Gasteiger partial charge < -0.3 is 10.4 Å². The molecule has 19 heavy (non-hydrogen) atoms. The molecule has 1 atom stereocenters. The van der Waals surface area contributed by atoms with Crippen LogP contribution in [0.5, 0.6) is 5.75 Å². The first-order valence-corrected chi connectivity index (χ1v) is 7.74. The average molecular weight is 302 g/mol. The Kier molecular flexibility index (Phi) is 5.37. The zero-order valence-electron chi connectivity index (χ0n) is 11.3. The largest absolute Gasteiger partial charge is 0.506 e. The lowest BCUT2D eigenvalue weighted by atomic mass is 9.84. The molecular formula is C15H21Cl2NO. The molecule has 0 saturated heterocycles. The number of rotatable bonds is 4. The van der Waals surface area contributed by atoms with Crippen LogP contribution in [0.1, 0.15) is 44.6 Å². The first-order chi connectivity index (χ1) is 9.08. The Morgan fingerprint density at radius 3 is 2.63 bits per heavy atom. The first kappa shape index (κ1) is 15.0. The molecule has 1 fully saturated rings. The Balaban J connectivity index is 1.94. The zero-order chi connectivity index (χ0) is 13.8. The van der Waals surface area contributed by atoms with E-state index in [0.29, 0.717) is 22.6 Å². The van der Waals surface area contributed by atoms with Gasteiger partial charge in [-0.05, 0) is 37.8 Å². The van der Waals surface area contributed by atoms with Gasteiger partial charge in [-0.2, -0.15) is 0 Å². The second kappa shape index (κ2) is 6.83. The molecule has 0 unspecified atom stereocenters. The van der Waals surface area contributed by atoms with Gasteiger partial charge in [0.2, 0.25) is 0 Å². The molecule has 0 radical (unpaired) electrons. The average Bonchev–Trinajstić information content (AvgIpc) is 2.41. The van der Waals surface area contributed by atoms with Gasteiger partial charge in [0.25, 0.3) is 0 Å². The van der Waals surface area contributed by atoms with E-state index in [4.69, 9.17) is 23.2 Å². The van der Waals surface area contributed by atoms with E-state index in [1.807, 2.05) is 0 Å². The third-order valence-corrected chi connectivity index (χ3v) is 4.58. The molecule has 1 aliphatic rings. The molecule has 0 aliphatic heterocycles. The van der Waals surface area contributed by atoms with Gasteiger partial charge in [0.15, 0.2) is 0 Å². The number of phenols is 1. The summed E-state index contributed by atoms with van der Waals surface area (Å²) in [5, 5.41) is 14.3. The number of aromatic hydroxyl groups is 1. The highest BCUT2D eigenvalue weighted by Gasteiger charge is 2.20. The maximum absolute atomic E-state index is 9.91. The van der Waals surface area contributed by atoms with E-state index < -0.39 is 0 Å². The maximum atomic E-state index is 9.91. The van der Waals surface area contributed by atoms with Gasteiger partial charge in [-0.25, -0.2) is 0 Å². The third-order valence-electron chi connectivity index (χ3n) is 4.08. The summed E-state index contributed by atoms with van der Waals surface area (Å²) in [6.45, 7) is 2.82. The predicted molar refractivity (Wildman–Crippen MR) is 81.0 cm³/mol. The Hall–Kier alpha value is -0.440. The number of hydrogen-bond acceptors (Lipinski definition) is 2. The lowest BCUT2D eigenvalue weighted by Gasteiger charge is -2.28. The minimum Gasteiger partial charge on any atom is -0.506 e. The highest BCUT2D eigenvalue weighted by Crippen LogP contribution is 2.31. The van der Waals surface area contributed by atoms with E-state index in [0.717, 1.165) is 11.5 Å². The molecule has 0 amide bonds. The van der Waals surface area contributed by atoms with Crippen molar-refractivity contribution in [3.63, 3.8) is 0 Å². The molecule has 0 heterocycles. The molecule has 1 aromatic carbocycles. The Morgan fingerprint density at radius 2 is 1.95 bits per heavy atom. The van der Waals surface area contributed by atoms with Crippen LogP contribution in [-0.2, 0) is 6.54 Å². The van der Waals surface area contributed by atoms with Crippen molar-refractivity contribution in [1.29, 1.82) is 0 Å². The van der Waals surface area contributed by atoms with Crippen LogP contribution in [0.15, 0.2) is 12.1 Å². The molecule has 1 saturated carbocycles. The van der Waals surface area contributed by atoms with E-state index in [-0.39, 0.29) is 5.75 Å². The number of halogens is 2. The number of nitrogens with one attached hydrogen (secondary N) is 1. The summed E-state index contributed by atoms with van der Waals surface area (Å²) in [4.78, 5) is 0. The van der Waals surface area contributed by atoms with Crippen LogP contribution in [0.3, 0.4) is 0 Å². The quantitative estimate of drug-likeness (QED) is 0.840. The minimum atomic E-state index is 0.134. The number of benzene rings is 1. The monoisotopic (exact) mass is 301 g/mol. The fourth-order valence-corrected chi connectivity index (χ4v) is 3.36. The van der Waals surface area contributed by atoms with E-state index in [1.54, 1.807) is 12.1 Å². The van der Waals surface area contributed by atoms with Gasteiger partial charge in [0.1, 0.15) is 5.75 Å². The van der Waals surface area contributed by atoms with Gasteiger partial charge in [-0.3, -0.25) is 0 Å². The molecule has 106 valence electrons. The van der Waals surface area contributed by atoms with E-state index in [9.17, 15) is 5.11 Å². The highest BCUT2D eigenvalue weighted by atomic mass is 35.5. The van der Waals surface area contributed by atoms with Gasteiger partial charge in [-0.15, -0.1) is 0 Å². The first-order valence-electron chi connectivity index (χ1n) is 6.98. The van der Waals surface area contributed by atoms with Crippen molar-refractivity contribution in [3.05, 3.63) is 27.7 Å². The number of hydrogen-bond donors (Lipinski definition) is 2. The van der Waals surface area contributed by atoms with Crippen LogP contribution < -0.4 is 5.32 Å². The van der Waals surface area contributed by atoms with Crippen LogP contribution in [-0.4, -0.2) is 11.1 Å². The van der Waals surface area contributed by atoms with Crippen LogP contribution in [0, 0.1) is 5.92 Å². The van der Waals surface area contributed by atoms with Crippen molar-refractivity contribution in [2.24, 2.45) is 5.92 Å². The molecular weight excluding hydrogens is 281 g/mol. The third kappa shape index (κ3) is 4.01. The lowest BCUT2D eigenvalue weighted by Crippen LogP contribution is -2.34. The molecule has 2 N–H and O–H groups in total. The topological polar surface area (TPSA) is 32.3 Å². The zero-order valence-corrected chi connectivity index (χ0v) is 12.8. The summed E-state index contributed by atoms with van der Waals surface area (Å²) in [6.07, 6.45) is 6.65. The summed E-state index contributed by atoms with van der Waals surface area (Å²) < 4.78 is 0. The second-order valence-corrected chi connectivity index (χ2v) is 6.31. The second-order valence-electron chi connectivity index (χ2n) is 5.46. The molecule has 1 aliphatic carbocycles. The van der Waals surface area contributed by atoms with Gasteiger partial charge in [-0.1, -0.05) is 42.5 Å². The van der Waals surface area contributed by atoms with E-state index >= 15 is 0 Å². The molecule has 1 aromatic rings. The van der Waals surface area contributed by atoms with Crippen molar-refractivity contribution < 1.29 is 5.11 Å². The molecule has 4 heteroatoms. The lowest BCUT2D eigenvalue weighted by molar-refractivity contribution is 0.280. The van der Waals surface area contributed by atoms with Gasteiger partial charge >= 0.3 is 0 Å². The SMILES string of the molecule is C[C@@H](NCc1cc(Cl)cc(Cl)c1O)C1CCCCC1. The van der Waals surface area contributed by atoms with Crippen LogP contribution in [0.25, 0.3) is 0 Å². The number of phenolic OH excluding ortho intramolecular Hbond substituents is 1. The van der Waals surface area contributed by atoms with Crippen molar-refractivity contribution in [1.82, 2.24) is 5.32 Å². The fourth-order valence-electron chi connectivity index (χ4n) is 2.83. The van der Waals surface area contributed by atoms with Crippen LogP contribution in [0.4, 0.5) is 0 Å². The maximum Gasteiger partial charge on any atom is 0.138 e. The Labute approximate surface area is 125 Å². The molecule has 2 rings (SSSR count).